The van der Waals surface area contributed by atoms with Crippen molar-refractivity contribution in [2.24, 2.45) is 0 Å². The maximum absolute atomic E-state index is 12.3. The predicted octanol–water partition coefficient (Wildman–Crippen LogP) is 19.0. The molecular formula is C65H100O5. The highest BCUT2D eigenvalue weighted by molar-refractivity contribution is 5.70. The highest BCUT2D eigenvalue weighted by Gasteiger charge is 2.16. The zero-order valence-electron chi connectivity index (χ0n) is 44.5. The summed E-state index contributed by atoms with van der Waals surface area (Å²) >= 11 is 0. The van der Waals surface area contributed by atoms with E-state index in [1.807, 2.05) is 0 Å². The quantitative estimate of drug-likeness (QED) is 0.0374. The standard InChI is InChI=1S/C65H100O5/c1-3-5-7-9-11-13-15-17-19-21-23-25-26-27-28-29-30-31-32-33-34-35-36-37-38-40-42-44-46-48-50-52-54-56-58-60-65(68)70-63(61-66)62-69-64(67)59-57-55-53-51-49-47-45-43-41-39-24-22-20-18-16-14-12-10-8-6-4-2/h5-8,11-14,17-20,23-25,27-28,30-31,33-34,36-37,39-40,42,46,48,63,66H,3-4,9-10,15-16,21-22,26,29,32,35,38,41,43-45,47,49-62H2,1-2H3/b7-5-,8-6-,13-11-,14-12-,19-17-,20-18-,25-23-,28-27-,31-30-,34-33-,37-36-,39-24-,42-40-,48-46-. The van der Waals surface area contributed by atoms with Crippen LogP contribution in [0.2, 0.25) is 0 Å². The van der Waals surface area contributed by atoms with Crippen LogP contribution in [-0.4, -0.2) is 36.4 Å². The lowest BCUT2D eigenvalue weighted by atomic mass is 10.1. The summed E-state index contributed by atoms with van der Waals surface area (Å²) in [4.78, 5) is 24.5. The van der Waals surface area contributed by atoms with Crippen molar-refractivity contribution in [2.45, 2.75) is 213 Å². The van der Waals surface area contributed by atoms with Crippen LogP contribution in [0, 0.1) is 0 Å². The van der Waals surface area contributed by atoms with Gasteiger partial charge in [0.1, 0.15) is 6.61 Å². The van der Waals surface area contributed by atoms with Gasteiger partial charge in [-0.15, -0.1) is 0 Å². The fraction of sp³-hybridized carbons (Fsp3) is 0.538. The molecule has 0 bridgehead atoms. The number of hydrogen-bond donors (Lipinski definition) is 1. The minimum atomic E-state index is -0.804. The van der Waals surface area contributed by atoms with Crippen LogP contribution in [0.15, 0.2) is 170 Å². The van der Waals surface area contributed by atoms with E-state index in [1.165, 1.54) is 32.1 Å². The van der Waals surface area contributed by atoms with Crippen molar-refractivity contribution in [1.82, 2.24) is 0 Å². The second kappa shape index (κ2) is 58.6. The molecule has 1 atom stereocenters. The summed E-state index contributed by atoms with van der Waals surface area (Å²) in [6.45, 7) is 3.87. The average molecular weight is 962 g/mol. The molecule has 0 aliphatic rings. The highest BCUT2D eigenvalue weighted by Crippen LogP contribution is 2.13. The summed E-state index contributed by atoms with van der Waals surface area (Å²) in [5.74, 6) is -0.643. The van der Waals surface area contributed by atoms with Crippen molar-refractivity contribution in [3.05, 3.63) is 170 Å². The molecule has 70 heavy (non-hydrogen) atoms. The molecule has 0 aliphatic carbocycles. The molecule has 0 aliphatic heterocycles. The minimum Gasteiger partial charge on any atom is -0.462 e. The van der Waals surface area contributed by atoms with Gasteiger partial charge >= 0.3 is 11.9 Å². The first-order valence-electron chi connectivity index (χ1n) is 27.7. The van der Waals surface area contributed by atoms with Gasteiger partial charge in [0.15, 0.2) is 6.10 Å². The van der Waals surface area contributed by atoms with Crippen molar-refractivity contribution in [3.8, 4) is 0 Å². The molecule has 0 saturated carbocycles. The SMILES string of the molecule is CC/C=C\C/C=C\C/C=C\C/C=C\C/C=C\C/C=C\C/C=C\C/C=C\C/C=C\C/C=C\CCCCCCC(=O)OC(CO)COC(=O)CCCCCCCCCC/C=C\C/C=C\C/C=C\C/C=C\CC. The number of allylic oxidation sites excluding steroid dienone is 28. The number of aliphatic hydroxyl groups excluding tert-OH is 1. The van der Waals surface area contributed by atoms with Crippen LogP contribution in [0.4, 0.5) is 0 Å². The van der Waals surface area contributed by atoms with E-state index >= 15 is 0 Å². The summed E-state index contributed by atoms with van der Waals surface area (Å²) in [6.07, 6.45) is 91.6. The largest absolute Gasteiger partial charge is 0.462 e. The first-order chi connectivity index (χ1) is 34.6. The van der Waals surface area contributed by atoms with Crippen LogP contribution in [0.25, 0.3) is 0 Å². The van der Waals surface area contributed by atoms with Gasteiger partial charge in [0.2, 0.25) is 0 Å². The maximum atomic E-state index is 12.3. The average Bonchev–Trinajstić information content (AvgIpc) is 3.36. The fourth-order valence-corrected chi connectivity index (χ4v) is 6.93. The summed E-state index contributed by atoms with van der Waals surface area (Å²) in [6, 6.07) is 0. The molecule has 5 heteroatoms. The van der Waals surface area contributed by atoms with E-state index in [2.05, 4.69) is 184 Å². The second-order valence-electron chi connectivity index (χ2n) is 17.5. The molecule has 0 aromatic heterocycles. The number of esters is 2. The molecule has 0 aromatic carbocycles. The second-order valence-corrected chi connectivity index (χ2v) is 17.5. The number of aliphatic hydroxyl groups is 1. The van der Waals surface area contributed by atoms with Crippen molar-refractivity contribution in [1.29, 1.82) is 0 Å². The molecule has 0 fully saturated rings. The lowest BCUT2D eigenvalue weighted by Gasteiger charge is -2.15. The predicted molar refractivity (Wildman–Crippen MR) is 306 cm³/mol. The van der Waals surface area contributed by atoms with Gasteiger partial charge < -0.3 is 14.6 Å². The zero-order valence-corrected chi connectivity index (χ0v) is 44.5. The molecule has 0 radical (unpaired) electrons. The molecule has 1 N–H and O–H groups in total. The Balaban J connectivity index is 3.68. The number of hydrogen-bond acceptors (Lipinski definition) is 5. The molecule has 0 spiro atoms. The van der Waals surface area contributed by atoms with Crippen LogP contribution >= 0.6 is 0 Å². The first kappa shape index (κ1) is 65.3. The summed E-state index contributed by atoms with van der Waals surface area (Å²) in [7, 11) is 0. The van der Waals surface area contributed by atoms with Crippen molar-refractivity contribution in [3.63, 3.8) is 0 Å². The Labute approximate surface area is 430 Å². The molecule has 0 rings (SSSR count). The van der Waals surface area contributed by atoms with E-state index in [9.17, 15) is 14.7 Å². The Hall–Kier alpha value is -4.74. The third-order valence-corrected chi connectivity index (χ3v) is 11.0. The summed E-state index contributed by atoms with van der Waals surface area (Å²) < 4.78 is 10.7. The van der Waals surface area contributed by atoms with E-state index < -0.39 is 6.10 Å². The Morgan fingerprint density at radius 3 is 0.857 bits per heavy atom. The van der Waals surface area contributed by atoms with Gasteiger partial charge in [0.05, 0.1) is 6.61 Å². The lowest BCUT2D eigenvalue weighted by Crippen LogP contribution is -2.28. The normalized spacial score (nSPS) is 13.6. The van der Waals surface area contributed by atoms with E-state index in [4.69, 9.17) is 9.47 Å². The minimum absolute atomic E-state index is 0.0926. The number of carbonyl (C=O) groups is 2. The smallest absolute Gasteiger partial charge is 0.306 e. The molecule has 0 heterocycles. The topological polar surface area (TPSA) is 72.8 Å². The van der Waals surface area contributed by atoms with Crippen LogP contribution < -0.4 is 0 Å². The van der Waals surface area contributed by atoms with E-state index in [-0.39, 0.29) is 25.2 Å². The highest BCUT2D eigenvalue weighted by atomic mass is 16.6. The molecular weight excluding hydrogens is 861 g/mol. The Kier molecular flexibility index (Phi) is 54.6. The fourth-order valence-electron chi connectivity index (χ4n) is 6.93. The number of rotatable bonds is 48. The van der Waals surface area contributed by atoms with Gasteiger partial charge in [0.25, 0.3) is 0 Å². The summed E-state index contributed by atoms with van der Waals surface area (Å²) in [5.41, 5.74) is 0. The van der Waals surface area contributed by atoms with E-state index in [0.717, 1.165) is 148 Å². The van der Waals surface area contributed by atoms with Crippen molar-refractivity contribution < 1.29 is 24.2 Å². The molecule has 0 aromatic rings. The first-order valence-corrected chi connectivity index (χ1v) is 27.7. The molecule has 390 valence electrons. The number of carbonyl (C=O) groups excluding carboxylic acids is 2. The number of ether oxygens (including phenoxy) is 2. The third kappa shape index (κ3) is 55.9. The van der Waals surface area contributed by atoms with Gasteiger partial charge in [-0.2, -0.15) is 0 Å². The van der Waals surface area contributed by atoms with Crippen LogP contribution in [-0.2, 0) is 19.1 Å². The molecule has 0 saturated heterocycles. The summed E-state index contributed by atoms with van der Waals surface area (Å²) in [5, 5.41) is 9.64. The Morgan fingerprint density at radius 1 is 0.329 bits per heavy atom. The van der Waals surface area contributed by atoms with Gasteiger partial charge in [-0.25, -0.2) is 0 Å². The van der Waals surface area contributed by atoms with E-state index in [1.54, 1.807) is 0 Å². The van der Waals surface area contributed by atoms with Gasteiger partial charge in [-0.3, -0.25) is 9.59 Å². The van der Waals surface area contributed by atoms with E-state index in [0.29, 0.717) is 12.8 Å². The maximum Gasteiger partial charge on any atom is 0.306 e. The van der Waals surface area contributed by atoms with Crippen molar-refractivity contribution in [2.75, 3.05) is 13.2 Å². The monoisotopic (exact) mass is 961 g/mol. The van der Waals surface area contributed by atoms with Gasteiger partial charge in [0, 0.05) is 12.8 Å². The van der Waals surface area contributed by atoms with Crippen molar-refractivity contribution >= 4 is 11.9 Å². The zero-order chi connectivity index (χ0) is 50.6. The van der Waals surface area contributed by atoms with Gasteiger partial charge in [-0.05, 0) is 128 Å². The molecule has 5 nitrogen and oxygen atoms in total. The van der Waals surface area contributed by atoms with Crippen LogP contribution in [0.1, 0.15) is 206 Å². The molecule has 1 unspecified atom stereocenters. The Morgan fingerprint density at radius 2 is 0.571 bits per heavy atom. The van der Waals surface area contributed by atoms with Crippen LogP contribution in [0.3, 0.4) is 0 Å². The lowest BCUT2D eigenvalue weighted by molar-refractivity contribution is -0.161. The van der Waals surface area contributed by atoms with Gasteiger partial charge in [-0.1, -0.05) is 235 Å². The third-order valence-electron chi connectivity index (χ3n) is 11.0. The Bertz CT molecular complexity index is 1600. The number of unbranched alkanes of at least 4 members (excludes halogenated alkanes) is 12. The molecule has 0 amide bonds. The van der Waals surface area contributed by atoms with Crippen LogP contribution in [0.5, 0.6) is 0 Å².